The lowest BCUT2D eigenvalue weighted by molar-refractivity contribution is 0.171. The molecule has 0 aliphatic carbocycles. The van der Waals surface area contributed by atoms with Crippen molar-refractivity contribution >= 4 is 41.5 Å². The average Bonchev–Trinajstić information content (AvgIpc) is 3.11. The van der Waals surface area contributed by atoms with Crippen LogP contribution in [0.5, 0.6) is 11.5 Å². The third-order valence-corrected chi connectivity index (χ3v) is 3.95. The number of rotatable bonds is 5. The van der Waals surface area contributed by atoms with Gasteiger partial charge in [-0.25, -0.2) is 0 Å². The summed E-state index contributed by atoms with van der Waals surface area (Å²) in [6.45, 7) is 3.34. The normalized spacial score (nSPS) is 13.1. The van der Waals surface area contributed by atoms with Crippen molar-refractivity contribution in [1.82, 2.24) is 15.2 Å². The van der Waals surface area contributed by atoms with E-state index in [1.165, 1.54) is 0 Å². The Kier molecular flexibility index (Phi) is 7.70. The highest BCUT2D eigenvalue weighted by Crippen LogP contribution is 2.38. The molecule has 2 N–H and O–H groups in total. The summed E-state index contributed by atoms with van der Waals surface area (Å²) in [5.41, 5.74) is 1.01. The van der Waals surface area contributed by atoms with Crippen molar-refractivity contribution in [3.05, 3.63) is 47.2 Å². The summed E-state index contributed by atoms with van der Waals surface area (Å²) < 4.78 is 13.2. The zero-order valence-electron chi connectivity index (χ0n) is 14.0. The zero-order chi connectivity index (χ0) is 16.8. The fourth-order valence-electron chi connectivity index (χ4n) is 2.50. The number of ether oxygens (including phenoxy) is 2. The predicted molar refractivity (Wildman–Crippen MR) is 110 cm³/mol. The summed E-state index contributed by atoms with van der Waals surface area (Å²) in [6.07, 6.45) is 4.07. The van der Waals surface area contributed by atoms with Crippen LogP contribution in [0.25, 0.3) is 0 Å². The Labute approximate surface area is 169 Å². The SMILES string of the molecule is CN=C(NCCn1cccc1)NCc1cc(Cl)c2c(c1)OCCO2.I. The van der Waals surface area contributed by atoms with E-state index in [2.05, 4.69) is 20.2 Å². The first-order chi connectivity index (χ1) is 11.8. The molecule has 0 unspecified atom stereocenters. The van der Waals surface area contributed by atoms with Crippen LogP contribution in [0.3, 0.4) is 0 Å². The van der Waals surface area contributed by atoms with E-state index < -0.39 is 0 Å². The third-order valence-electron chi connectivity index (χ3n) is 3.67. The summed E-state index contributed by atoms with van der Waals surface area (Å²) in [7, 11) is 1.75. The van der Waals surface area contributed by atoms with Crippen LogP contribution in [-0.2, 0) is 13.1 Å². The van der Waals surface area contributed by atoms with Crippen LogP contribution in [0.15, 0.2) is 41.7 Å². The van der Waals surface area contributed by atoms with Crippen LogP contribution >= 0.6 is 35.6 Å². The van der Waals surface area contributed by atoms with Gasteiger partial charge in [0.15, 0.2) is 17.5 Å². The molecule has 1 aromatic carbocycles. The van der Waals surface area contributed by atoms with Gasteiger partial charge in [-0.2, -0.15) is 0 Å². The van der Waals surface area contributed by atoms with Gasteiger partial charge in [-0.1, -0.05) is 11.6 Å². The van der Waals surface area contributed by atoms with Crippen molar-refractivity contribution in [1.29, 1.82) is 0 Å². The number of nitrogens with zero attached hydrogens (tertiary/aromatic N) is 2. The van der Waals surface area contributed by atoms with E-state index in [4.69, 9.17) is 21.1 Å². The maximum atomic E-state index is 6.26. The Morgan fingerprint density at radius 1 is 1.20 bits per heavy atom. The number of aliphatic imine (C=N–C) groups is 1. The highest BCUT2D eigenvalue weighted by Gasteiger charge is 2.16. The van der Waals surface area contributed by atoms with Gasteiger partial charge >= 0.3 is 0 Å². The van der Waals surface area contributed by atoms with E-state index in [0.29, 0.717) is 36.3 Å². The fraction of sp³-hybridized carbons (Fsp3) is 0.353. The quantitative estimate of drug-likeness (QED) is 0.396. The molecule has 0 fully saturated rings. The van der Waals surface area contributed by atoms with Crippen molar-refractivity contribution in [2.24, 2.45) is 4.99 Å². The Morgan fingerprint density at radius 2 is 1.96 bits per heavy atom. The molecule has 0 amide bonds. The average molecular weight is 477 g/mol. The first kappa shape index (κ1) is 19.7. The van der Waals surface area contributed by atoms with Crippen LogP contribution < -0.4 is 20.1 Å². The first-order valence-corrected chi connectivity index (χ1v) is 8.27. The van der Waals surface area contributed by atoms with Gasteiger partial charge in [0.05, 0.1) is 5.02 Å². The van der Waals surface area contributed by atoms with Crippen LogP contribution in [-0.4, -0.2) is 37.3 Å². The molecule has 0 bridgehead atoms. The van der Waals surface area contributed by atoms with Crippen molar-refractivity contribution in [2.45, 2.75) is 13.1 Å². The molecule has 2 aromatic rings. The number of guanidine groups is 1. The molecule has 1 aliphatic heterocycles. The minimum absolute atomic E-state index is 0. The smallest absolute Gasteiger partial charge is 0.191 e. The van der Waals surface area contributed by atoms with Gasteiger partial charge in [0.25, 0.3) is 0 Å². The molecule has 3 rings (SSSR count). The molecular weight excluding hydrogens is 455 g/mol. The zero-order valence-corrected chi connectivity index (χ0v) is 17.1. The van der Waals surface area contributed by atoms with Gasteiger partial charge in [-0.05, 0) is 29.8 Å². The summed E-state index contributed by atoms with van der Waals surface area (Å²) in [4.78, 5) is 4.23. The molecule has 0 radical (unpaired) electrons. The lowest BCUT2D eigenvalue weighted by Crippen LogP contribution is -2.38. The molecule has 136 valence electrons. The summed E-state index contributed by atoms with van der Waals surface area (Å²) in [5.74, 6) is 2.06. The molecule has 0 atom stereocenters. The van der Waals surface area contributed by atoms with Crippen LogP contribution in [0, 0.1) is 0 Å². The van der Waals surface area contributed by atoms with Crippen LogP contribution in [0.4, 0.5) is 0 Å². The highest BCUT2D eigenvalue weighted by molar-refractivity contribution is 14.0. The third kappa shape index (κ3) is 5.43. The molecule has 1 aliphatic rings. The minimum atomic E-state index is 0. The van der Waals surface area contributed by atoms with Gasteiger partial charge in [0, 0.05) is 39.1 Å². The topological polar surface area (TPSA) is 59.8 Å². The lowest BCUT2D eigenvalue weighted by Gasteiger charge is -2.20. The van der Waals surface area contributed by atoms with E-state index in [9.17, 15) is 0 Å². The van der Waals surface area contributed by atoms with Gasteiger partial charge in [0.1, 0.15) is 13.2 Å². The van der Waals surface area contributed by atoms with Gasteiger partial charge in [0.2, 0.25) is 0 Å². The second-order valence-electron chi connectivity index (χ2n) is 5.38. The molecular formula is C17H22ClIN4O2. The summed E-state index contributed by atoms with van der Waals surface area (Å²) in [6, 6.07) is 7.85. The number of fused-ring (bicyclic) bond motifs is 1. The molecule has 6 nitrogen and oxygen atoms in total. The van der Waals surface area contributed by atoms with Crippen molar-refractivity contribution in [3.63, 3.8) is 0 Å². The van der Waals surface area contributed by atoms with E-state index in [-0.39, 0.29) is 24.0 Å². The second kappa shape index (κ2) is 9.76. The van der Waals surface area contributed by atoms with Gasteiger partial charge in [-0.3, -0.25) is 4.99 Å². The molecule has 8 heteroatoms. The summed E-state index contributed by atoms with van der Waals surface area (Å²) >= 11 is 6.26. The van der Waals surface area contributed by atoms with Crippen molar-refractivity contribution in [2.75, 3.05) is 26.8 Å². The van der Waals surface area contributed by atoms with Crippen LogP contribution in [0.2, 0.25) is 5.02 Å². The monoisotopic (exact) mass is 476 g/mol. The molecule has 0 spiro atoms. The minimum Gasteiger partial charge on any atom is -0.486 e. The number of nitrogens with one attached hydrogen (secondary N) is 2. The molecule has 1 aromatic heterocycles. The van der Waals surface area contributed by atoms with E-state index >= 15 is 0 Å². The van der Waals surface area contributed by atoms with Crippen molar-refractivity contribution in [3.8, 4) is 11.5 Å². The maximum Gasteiger partial charge on any atom is 0.191 e. The maximum absolute atomic E-state index is 6.26. The molecule has 0 saturated heterocycles. The lowest BCUT2D eigenvalue weighted by atomic mass is 10.2. The molecule has 25 heavy (non-hydrogen) atoms. The van der Waals surface area contributed by atoms with E-state index in [0.717, 1.165) is 24.6 Å². The second-order valence-corrected chi connectivity index (χ2v) is 5.78. The Hall–Kier alpha value is -1.61. The first-order valence-electron chi connectivity index (χ1n) is 7.89. The summed E-state index contributed by atoms with van der Waals surface area (Å²) in [5, 5.41) is 7.13. The number of aromatic nitrogens is 1. The van der Waals surface area contributed by atoms with Gasteiger partial charge in [-0.15, -0.1) is 24.0 Å². The predicted octanol–water partition coefficient (Wildman–Crippen LogP) is 2.90. The van der Waals surface area contributed by atoms with E-state index in [1.807, 2.05) is 36.7 Å². The highest BCUT2D eigenvalue weighted by atomic mass is 127. The Balaban J connectivity index is 0.00000225. The number of hydrogen-bond donors (Lipinski definition) is 2. The number of benzene rings is 1. The van der Waals surface area contributed by atoms with Crippen LogP contribution in [0.1, 0.15) is 5.56 Å². The largest absolute Gasteiger partial charge is 0.486 e. The van der Waals surface area contributed by atoms with Gasteiger partial charge < -0.3 is 24.7 Å². The molecule has 0 saturated carbocycles. The standard InChI is InChI=1S/C17H21ClN4O2.HI/c1-19-17(20-4-7-22-5-2-3-6-22)21-12-13-10-14(18)16-15(11-13)23-8-9-24-16;/h2-3,5-6,10-11H,4,7-9,12H2,1H3,(H2,19,20,21);1H. The van der Waals surface area contributed by atoms with E-state index in [1.54, 1.807) is 7.05 Å². The Morgan fingerprint density at radius 3 is 2.72 bits per heavy atom. The molecule has 2 heterocycles. The Bertz CT molecular complexity index is 707. The van der Waals surface area contributed by atoms with Crippen molar-refractivity contribution < 1.29 is 9.47 Å². The fourth-order valence-corrected chi connectivity index (χ4v) is 2.78. The number of hydrogen-bond acceptors (Lipinski definition) is 3. The number of halogens is 2.